The average molecular weight is 120 g/mol. The molecule has 2 aliphatic heterocycles. The number of dihydropyridines is 1. The van der Waals surface area contributed by atoms with Crippen molar-refractivity contribution in [3.8, 4) is 0 Å². The average Bonchev–Trinajstić information content (AvgIpc) is 2.33. The topological polar surface area (TPSA) is 24.4 Å². The van der Waals surface area contributed by atoms with E-state index < -0.39 is 0 Å². The largest absolute Gasteiger partial charge is 0.382 e. The van der Waals surface area contributed by atoms with Crippen molar-refractivity contribution < 1.29 is 0 Å². The summed E-state index contributed by atoms with van der Waals surface area (Å²) in [6, 6.07) is 0.782. The van der Waals surface area contributed by atoms with Crippen LogP contribution in [0.1, 0.15) is 0 Å². The molecule has 2 unspecified atom stereocenters. The zero-order valence-electron chi connectivity index (χ0n) is 4.99. The molecule has 0 amide bonds. The summed E-state index contributed by atoms with van der Waals surface area (Å²) in [5.41, 5.74) is 0. The highest BCUT2D eigenvalue weighted by atomic mass is 15.0. The summed E-state index contributed by atoms with van der Waals surface area (Å²) in [7, 11) is 0. The Hall–Kier alpha value is -1.05. The Morgan fingerprint density at radius 2 is 2.33 bits per heavy atom. The predicted octanol–water partition coefficient (Wildman–Crippen LogP) is 0.481. The molecule has 2 aliphatic rings. The SMILES string of the molecule is C1=CC2NC=CC2N=C1. The van der Waals surface area contributed by atoms with Crippen LogP contribution in [0.4, 0.5) is 0 Å². The van der Waals surface area contributed by atoms with Gasteiger partial charge in [-0.2, -0.15) is 0 Å². The Labute approximate surface area is 54.0 Å². The van der Waals surface area contributed by atoms with E-state index in [0.29, 0.717) is 12.1 Å². The predicted molar refractivity (Wildman–Crippen MR) is 37.5 cm³/mol. The smallest absolute Gasteiger partial charge is 0.0933 e. The van der Waals surface area contributed by atoms with E-state index in [-0.39, 0.29) is 0 Å². The van der Waals surface area contributed by atoms with Crippen molar-refractivity contribution in [2.75, 3.05) is 0 Å². The van der Waals surface area contributed by atoms with E-state index in [1.807, 2.05) is 18.5 Å². The monoisotopic (exact) mass is 120 g/mol. The van der Waals surface area contributed by atoms with E-state index in [1.165, 1.54) is 0 Å². The Kier molecular flexibility index (Phi) is 0.918. The molecule has 1 N–H and O–H groups in total. The van der Waals surface area contributed by atoms with Crippen molar-refractivity contribution in [2.45, 2.75) is 12.1 Å². The number of hydrogen-bond acceptors (Lipinski definition) is 2. The molecule has 2 nitrogen and oxygen atoms in total. The van der Waals surface area contributed by atoms with Crippen LogP contribution in [-0.4, -0.2) is 18.3 Å². The number of fused-ring (bicyclic) bond motifs is 1. The summed E-state index contributed by atoms with van der Waals surface area (Å²) in [4.78, 5) is 4.23. The molecule has 46 valence electrons. The number of aliphatic imine (C=N–C) groups is 1. The van der Waals surface area contributed by atoms with E-state index in [4.69, 9.17) is 0 Å². The Bertz CT molecular complexity index is 191. The van der Waals surface area contributed by atoms with Gasteiger partial charge in [-0.05, 0) is 18.4 Å². The zero-order chi connectivity index (χ0) is 6.10. The summed E-state index contributed by atoms with van der Waals surface area (Å²) in [5.74, 6) is 0. The van der Waals surface area contributed by atoms with Crippen LogP contribution in [0.3, 0.4) is 0 Å². The lowest BCUT2D eigenvalue weighted by molar-refractivity contribution is 0.668. The second kappa shape index (κ2) is 1.72. The molecule has 0 radical (unpaired) electrons. The summed E-state index contributed by atoms with van der Waals surface area (Å²) in [5, 5.41) is 3.18. The van der Waals surface area contributed by atoms with Crippen molar-refractivity contribution in [1.29, 1.82) is 0 Å². The molecule has 0 saturated heterocycles. The second-order valence-corrected chi connectivity index (χ2v) is 2.23. The van der Waals surface area contributed by atoms with Crippen molar-refractivity contribution in [2.24, 2.45) is 4.99 Å². The van der Waals surface area contributed by atoms with E-state index in [0.717, 1.165) is 0 Å². The minimum Gasteiger partial charge on any atom is -0.382 e. The lowest BCUT2D eigenvalue weighted by Gasteiger charge is -2.13. The first kappa shape index (κ1) is 4.79. The maximum Gasteiger partial charge on any atom is 0.0933 e. The van der Waals surface area contributed by atoms with Crippen LogP contribution < -0.4 is 5.32 Å². The summed E-state index contributed by atoms with van der Waals surface area (Å²) < 4.78 is 0. The molecule has 0 aliphatic carbocycles. The molecule has 0 fully saturated rings. The second-order valence-electron chi connectivity index (χ2n) is 2.23. The first-order valence-electron chi connectivity index (χ1n) is 3.09. The van der Waals surface area contributed by atoms with Crippen LogP contribution in [-0.2, 0) is 0 Å². The molecule has 2 rings (SSSR count). The molecule has 0 bridgehead atoms. The number of allylic oxidation sites excluding steroid dienone is 1. The lowest BCUT2D eigenvalue weighted by atomic mass is 10.1. The molecule has 2 heterocycles. The van der Waals surface area contributed by atoms with Gasteiger partial charge in [0, 0.05) is 6.21 Å². The van der Waals surface area contributed by atoms with Gasteiger partial charge in [0.2, 0.25) is 0 Å². The first-order valence-corrected chi connectivity index (χ1v) is 3.09. The third-order valence-corrected chi connectivity index (χ3v) is 1.61. The summed E-state index contributed by atoms with van der Waals surface area (Å²) >= 11 is 0. The standard InChI is InChI=1S/C7H8N2/c1-2-6-7(8-4-1)3-5-9-6/h1-7,9H. The zero-order valence-corrected chi connectivity index (χ0v) is 4.99. The van der Waals surface area contributed by atoms with Crippen molar-refractivity contribution in [1.82, 2.24) is 5.32 Å². The van der Waals surface area contributed by atoms with Gasteiger partial charge < -0.3 is 5.32 Å². The summed E-state index contributed by atoms with van der Waals surface area (Å²) in [6.07, 6.45) is 9.98. The van der Waals surface area contributed by atoms with Crippen LogP contribution in [0.15, 0.2) is 29.4 Å². The van der Waals surface area contributed by atoms with E-state index in [1.54, 1.807) is 0 Å². The lowest BCUT2D eigenvalue weighted by Crippen LogP contribution is -2.28. The molecule has 0 aromatic carbocycles. The Morgan fingerprint density at radius 3 is 3.22 bits per heavy atom. The normalized spacial score (nSPS) is 36.4. The number of nitrogens with one attached hydrogen (secondary N) is 1. The van der Waals surface area contributed by atoms with Gasteiger partial charge in [-0.25, -0.2) is 0 Å². The third kappa shape index (κ3) is 0.669. The van der Waals surface area contributed by atoms with Crippen LogP contribution in [0, 0.1) is 0 Å². The van der Waals surface area contributed by atoms with Crippen LogP contribution >= 0.6 is 0 Å². The highest BCUT2D eigenvalue weighted by Gasteiger charge is 2.18. The minimum atomic E-state index is 0.356. The van der Waals surface area contributed by atoms with Gasteiger partial charge in [-0.15, -0.1) is 0 Å². The number of hydrogen-bond donors (Lipinski definition) is 1. The van der Waals surface area contributed by atoms with Gasteiger partial charge in [0.25, 0.3) is 0 Å². The van der Waals surface area contributed by atoms with Gasteiger partial charge in [-0.1, -0.05) is 6.08 Å². The molecule has 9 heavy (non-hydrogen) atoms. The van der Waals surface area contributed by atoms with Crippen LogP contribution in [0.25, 0.3) is 0 Å². The highest BCUT2D eigenvalue weighted by Crippen LogP contribution is 2.10. The van der Waals surface area contributed by atoms with Crippen molar-refractivity contribution in [3.05, 3.63) is 24.4 Å². The van der Waals surface area contributed by atoms with E-state index >= 15 is 0 Å². The third-order valence-electron chi connectivity index (χ3n) is 1.61. The molecule has 0 aromatic heterocycles. The maximum atomic E-state index is 4.23. The van der Waals surface area contributed by atoms with Crippen LogP contribution in [0.2, 0.25) is 0 Å². The van der Waals surface area contributed by atoms with Gasteiger partial charge in [0.05, 0.1) is 12.1 Å². The fourth-order valence-electron chi connectivity index (χ4n) is 1.11. The molecular formula is C7H8N2. The van der Waals surface area contributed by atoms with Crippen molar-refractivity contribution >= 4 is 6.21 Å². The van der Waals surface area contributed by atoms with Crippen LogP contribution in [0.5, 0.6) is 0 Å². The van der Waals surface area contributed by atoms with Crippen molar-refractivity contribution in [3.63, 3.8) is 0 Å². The first-order chi connectivity index (χ1) is 4.47. The van der Waals surface area contributed by atoms with Gasteiger partial charge in [0.1, 0.15) is 0 Å². The molecule has 0 saturated carbocycles. The highest BCUT2D eigenvalue weighted by molar-refractivity contribution is 5.73. The van der Waals surface area contributed by atoms with Gasteiger partial charge >= 0.3 is 0 Å². The Balaban J connectivity index is 2.25. The number of nitrogens with zero attached hydrogens (tertiary/aromatic N) is 1. The molecule has 0 aromatic rings. The molecule has 2 heteroatoms. The quantitative estimate of drug-likeness (QED) is 0.494. The van der Waals surface area contributed by atoms with Gasteiger partial charge in [-0.3, -0.25) is 4.99 Å². The molecular weight excluding hydrogens is 112 g/mol. The minimum absolute atomic E-state index is 0.356. The fraction of sp³-hybridized carbons (Fsp3) is 0.286. The molecule has 2 atom stereocenters. The number of rotatable bonds is 0. The van der Waals surface area contributed by atoms with E-state index in [2.05, 4.69) is 22.5 Å². The van der Waals surface area contributed by atoms with Gasteiger partial charge in [0.15, 0.2) is 0 Å². The maximum absolute atomic E-state index is 4.23. The van der Waals surface area contributed by atoms with E-state index in [9.17, 15) is 0 Å². The summed E-state index contributed by atoms with van der Waals surface area (Å²) in [6.45, 7) is 0. The fourth-order valence-corrected chi connectivity index (χ4v) is 1.11. The molecule has 0 spiro atoms. The Morgan fingerprint density at radius 1 is 1.33 bits per heavy atom.